The van der Waals surface area contributed by atoms with E-state index in [9.17, 15) is 9.59 Å². The van der Waals surface area contributed by atoms with Gasteiger partial charge in [-0.3, -0.25) is 9.48 Å². The molecule has 10 heteroatoms. The molecule has 4 rings (SSSR count). The highest BCUT2D eigenvalue weighted by Gasteiger charge is 2.14. The largest absolute Gasteiger partial charge is 0.461 e. The zero-order valence-corrected chi connectivity index (χ0v) is 17.1. The van der Waals surface area contributed by atoms with Gasteiger partial charge in [0.15, 0.2) is 5.69 Å². The molecular formula is C20H18N6O3S. The fourth-order valence-electron chi connectivity index (χ4n) is 2.75. The lowest BCUT2D eigenvalue weighted by atomic mass is 10.2. The van der Waals surface area contributed by atoms with Crippen molar-refractivity contribution in [2.24, 2.45) is 7.05 Å². The smallest absolute Gasteiger partial charge is 0.358 e. The molecule has 0 radical (unpaired) electrons. The highest BCUT2D eigenvalue weighted by molar-refractivity contribution is 7.13. The summed E-state index contributed by atoms with van der Waals surface area (Å²) in [6.45, 7) is 2.02. The van der Waals surface area contributed by atoms with Gasteiger partial charge in [-0.2, -0.15) is 10.2 Å². The maximum atomic E-state index is 12.6. The number of carbonyl (C=O) groups excluding carboxylic acids is 2. The first-order chi connectivity index (χ1) is 14.5. The molecule has 0 fully saturated rings. The quantitative estimate of drug-likeness (QED) is 0.479. The molecule has 9 nitrogen and oxygen atoms in total. The summed E-state index contributed by atoms with van der Waals surface area (Å²) in [5.74, 6) is -0.792. The van der Waals surface area contributed by atoms with Crippen LogP contribution in [0.2, 0.25) is 0 Å². The maximum absolute atomic E-state index is 12.6. The standard InChI is InChI=1S/C20H18N6O3S/c1-3-29-20(28)16-7-8-26(24-16)15-6-4-5-14(9-15)22-18(27)17-12-30-19(23-17)13-10-21-25(2)11-13/h4-12H,3H2,1-2H3,(H,22,27). The minimum atomic E-state index is -0.478. The second-order valence-electron chi connectivity index (χ2n) is 6.31. The first-order valence-electron chi connectivity index (χ1n) is 9.12. The summed E-state index contributed by atoms with van der Waals surface area (Å²) in [4.78, 5) is 28.8. The lowest BCUT2D eigenvalue weighted by Gasteiger charge is -2.06. The van der Waals surface area contributed by atoms with Crippen molar-refractivity contribution in [3.05, 3.63) is 65.7 Å². The SMILES string of the molecule is CCOC(=O)c1ccn(-c2cccc(NC(=O)c3csc(-c4cnn(C)c4)n3)c2)n1. The van der Waals surface area contributed by atoms with Crippen LogP contribution in [-0.2, 0) is 11.8 Å². The average molecular weight is 422 g/mol. The van der Waals surface area contributed by atoms with Crippen molar-refractivity contribution in [3.63, 3.8) is 0 Å². The normalized spacial score (nSPS) is 10.7. The molecule has 0 aliphatic carbocycles. The van der Waals surface area contributed by atoms with Crippen molar-refractivity contribution in [2.75, 3.05) is 11.9 Å². The Morgan fingerprint density at radius 2 is 2.10 bits per heavy atom. The van der Waals surface area contributed by atoms with Crippen LogP contribution in [0.3, 0.4) is 0 Å². The van der Waals surface area contributed by atoms with Gasteiger partial charge in [0.25, 0.3) is 5.91 Å². The number of ether oxygens (including phenoxy) is 1. The van der Waals surface area contributed by atoms with Crippen molar-refractivity contribution in [2.45, 2.75) is 6.92 Å². The van der Waals surface area contributed by atoms with E-state index in [0.29, 0.717) is 17.1 Å². The van der Waals surface area contributed by atoms with Gasteiger partial charge in [-0.25, -0.2) is 14.5 Å². The van der Waals surface area contributed by atoms with Gasteiger partial charge in [0.05, 0.1) is 18.5 Å². The first kappa shape index (κ1) is 19.5. The van der Waals surface area contributed by atoms with E-state index < -0.39 is 5.97 Å². The molecule has 30 heavy (non-hydrogen) atoms. The van der Waals surface area contributed by atoms with E-state index in [1.165, 1.54) is 11.3 Å². The molecule has 0 aliphatic heterocycles. The zero-order valence-electron chi connectivity index (χ0n) is 16.3. The van der Waals surface area contributed by atoms with Crippen LogP contribution in [0.1, 0.15) is 27.9 Å². The Bertz CT molecular complexity index is 1210. The maximum Gasteiger partial charge on any atom is 0.358 e. The summed E-state index contributed by atoms with van der Waals surface area (Å²) in [6, 6.07) is 8.72. The third-order valence-corrected chi connectivity index (χ3v) is 5.02. The Hall–Kier alpha value is -3.79. The third-order valence-electron chi connectivity index (χ3n) is 4.13. The predicted molar refractivity (Wildman–Crippen MR) is 112 cm³/mol. The number of nitrogens with zero attached hydrogens (tertiary/aromatic N) is 5. The van der Waals surface area contributed by atoms with E-state index in [4.69, 9.17) is 4.74 Å². The number of rotatable bonds is 6. The van der Waals surface area contributed by atoms with Crippen LogP contribution in [0.25, 0.3) is 16.3 Å². The molecule has 0 unspecified atom stereocenters. The van der Waals surface area contributed by atoms with E-state index in [1.54, 1.807) is 58.3 Å². The van der Waals surface area contributed by atoms with Crippen LogP contribution in [0, 0.1) is 0 Å². The Morgan fingerprint density at radius 3 is 2.87 bits per heavy atom. The fraction of sp³-hybridized carbons (Fsp3) is 0.150. The van der Waals surface area contributed by atoms with Crippen molar-refractivity contribution in [1.82, 2.24) is 24.5 Å². The topological polar surface area (TPSA) is 104 Å². The number of carbonyl (C=O) groups is 2. The summed E-state index contributed by atoms with van der Waals surface area (Å²) < 4.78 is 8.19. The minimum Gasteiger partial charge on any atom is -0.461 e. The van der Waals surface area contributed by atoms with E-state index in [1.807, 2.05) is 19.3 Å². The Kier molecular flexibility index (Phi) is 5.40. The van der Waals surface area contributed by atoms with Crippen molar-refractivity contribution < 1.29 is 14.3 Å². The molecule has 4 aromatic rings. The van der Waals surface area contributed by atoms with Crippen molar-refractivity contribution in [3.8, 4) is 16.3 Å². The van der Waals surface area contributed by atoms with Gasteiger partial charge >= 0.3 is 5.97 Å². The first-order valence-corrected chi connectivity index (χ1v) is 10.0. The number of hydrogen-bond donors (Lipinski definition) is 1. The number of hydrogen-bond acceptors (Lipinski definition) is 7. The number of aryl methyl sites for hydroxylation is 1. The average Bonchev–Trinajstić information content (AvgIpc) is 3.48. The van der Waals surface area contributed by atoms with Crippen molar-refractivity contribution in [1.29, 1.82) is 0 Å². The second kappa shape index (κ2) is 8.29. The highest BCUT2D eigenvalue weighted by atomic mass is 32.1. The summed E-state index contributed by atoms with van der Waals surface area (Å²) in [5.41, 5.74) is 2.68. The van der Waals surface area contributed by atoms with Gasteiger partial charge in [-0.1, -0.05) is 6.07 Å². The van der Waals surface area contributed by atoms with Crippen LogP contribution >= 0.6 is 11.3 Å². The molecule has 152 valence electrons. The second-order valence-corrected chi connectivity index (χ2v) is 7.17. The van der Waals surface area contributed by atoms with Crippen LogP contribution in [0.4, 0.5) is 5.69 Å². The molecule has 1 aromatic carbocycles. The third kappa shape index (κ3) is 4.13. The van der Waals surface area contributed by atoms with E-state index in [2.05, 4.69) is 20.5 Å². The van der Waals surface area contributed by atoms with E-state index >= 15 is 0 Å². The van der Waals surface area contributed by atoms with Gasteiger partial charge in [-0.05, 0) is 31.2 Å². The van der Waals surface area contributed by atoms with E-state index in [0.717, 1.165) is 10.6 Å². The van der Waals surface area contributed by atoms with Crippen molar-refractivity contribution >= 4 is 28.9 Å². The molecular weight excluding hydrogens is 404 g/mol. The molecule has 3 aromatic heterocycles. The molecule has 0 bridgehead atoms. The van der Waals surface area contributed by atoms with Gasteiger partial charge in [0, 0.05) is 36.1 Å². The number of thiazole rings is 1. The fourth-order valence-corrected chi connectivity index (χ4v) is 3.52. The summed E-state index contributed by atoms with van der Waals surface area (Å²) in [6.07, 6.45) is 5.21. The lowest BCUT2D eigenvalue weighted by molar-refractivity contribution is 0.0519. The number of amides is 1. The molecule has 1 amide bonds. The molecule has 0 aliphatic rings. The monoisotopic (exact) mass is 422 g/mol. The molecule has 1 N–H and O–H groups in total. The Balaban J connectivity index is 1.49. The Morgan fingerprint density at radius 1 is 1.23 bits per heavy atom. The van der Waals surface area contributed by atoms with Gasteiger partial charge in [0.1, 0.15) is 10.7 Å². The molecule has 0 spiro atoms. The summed E-state index contributed by atoms with van der Waals surface area (Å²) >= 11 is 1.38. The lowest BCUT2D eigenvalue weighted by Crippen LogP contribution is -2.12. The molecule has 0 atom stereocenters. The summed E-state index contributed by atoms with van der Waals surface area (Å²) in [5, 5.41) is 13.6. The van der Waals surface area contributed by atoms with Gasteiger partial charge in [-0.15, -0.1) is 11.3 Å². The number of aromatic nitrogens is 5. The Labute approximate surface area is 175 Å². The van der Waals surface area contributed by atoms with Crippen LogP contribution in [-0.4, -0.2) is 43.0 Å². The zero-order chi connectivity index (χ0) is 21.1. The van der Waals surface area contributed by atoms with Crippen LogP contribution in [0.15, 0.2) is 54.3 Å². The number of esters is 1. The minimum absolute atomic E-state index is 0.219. The number of anilines is 1. The van der Waals surface area contributed by atoms with E-state index in [-0.39, 0.29) is 18.2 Å². The molecule has 3 heterocycles. The predicted octanol–water partition coefficient (Wildman–Crippen LogP) is 3.16. The summed E-state index contributed by atoms with van der Waals surface area (Å²) in [7, 11) is 1.83. The van der Waals surface area contributed by atoms with Gasteiger partial charge < -0.3 is 10.1 Å². The highest BCUT2D eigenvalue weighted by Crippen LogP contribution is 2.23. The van der Waals surface area contributed by atoms with Crippen LogP contribution in [0.5, 0.6) is 0 Å². The molecule has 0 saturated heterocycles. The molecule has 0 saturated carbocycles. The van der Waals surface area contributed by atoms with Gasteiger partial charge in [0.2, 0.25) is 0 Å². The van der Waals surface area contributed by atoms with Crippen LogP contribution < -0.4 is 5.32 Å². The number of benzene rings is 1. The number of nitrogens with one attached hydrogen (secondary N) is 1.